The number of carboxylic acids is 1. The Morgan fingerprint density at radius 2 is 1.90 bits per heavy atom. The maximum absolute atomic E-state index is 12.5. The molecule has 1 atom stereocenters. The largest absolute Gasteiger partial charge is 0.479 e. The number of carbonyl (C=O) groups is 3. The summed E-state index contributed by atoms with van der Waals surface area (Å²) in [7, 11) is 0. The number of rotatable bonds is 3. The van der Waals surface area contributed by atoms with Crippen molar-refractivity contribution in [3.05, 3.63) is 33.8 Å². The van der Waals surface area contributed by atoms with E-state index in [4.69, 9.17) is 0 Å². The number of carboxylic acid groups (broad SMARTS) is 1. The summed E-state index contributed by atoms with van der Waals surface area (Å²) in [5, 5.41) is 9.52. The minimum Gasteiger partial charge on any atom is -0.479 e. The van der Waals surface area contributed by atoms with Crippen LogP contribution < -0.4 is 0 Å². The molecule has 5 nitrogen and oxygen atoms in total. The highest BCUT2D eigenvalue weighted by atomic mass is 79.9. The summed E-state index contributed by atoms with van der Waals surface area (Å²) in [4.78, 5) is 37.5. The Labute approximate surface area is 123 Å². The smallest absolute Gasteiger partial charge is 0.330 e. The molecule has 3 rings (SSSR count). The first-order valence-corrected chi connectivity index (χ1v) is 7.08. The van der Waals surface area contributed by atoms with E-state index in [0.29, 0.717) is 4.47 Å². The van der Waals surface area contributed by atoms with Gasteiger partial charge >= 0.3 is 5.97 Å². The van der Waals surface area contributed by atoms with E-state index in [9.17, 15) is 19.5 Å². The summed E-state index contributed by atoms with van der Waals surface area (Å²) in [5.41, 5.74) is -0.927. The molecule has 0 bridgehead atoms. The molecule has 0 spiro atoms. The zero-order valence-electron chi connectivity index (χ0n) is 10.7. The molecule has 1 unspecified atom stereocenters. The Bertz CT molecular complexity index is 653. The van der Waals surface area contributed by atoms with E-state index >= 15 is 0 Å². The molecular weight excluding hydrogens is 326 g/mol. The fourth-order valence-corrected chi connectivity index (χ4v) is 3.09. The van der Waals surface area contributed by atoms with Gasteiger partial charge in [0.25, 0.3) is 11.8 Å². The molecule has 104 valence electrons. The fraction of sp³-hybridized carbons (Fsp3) is 0.357. The summed E-state index contributed by atoms with van der Waals surface area (Å²) >= 11 is 3.25. The minimum absolute atomic E-state index is 0.161. The number of halogens is 1. The third-order valence-corrected chi connectivity index (χ3v) is 4.61. The van der Waals surface area contributed by atoms with Crippen LogP contribution in [0.25, 0.3) is 0 Å². The van der Waals surface area contributed by atoms with Crippen LogP contribution in [0.1, 0.15) is 40.5 Å². The second-order valence-corrected chi connectivity index (χ2v) is 6.28. The molecule has 20 heavy (non-hydrogen) atoms. The van der Waals surface area contributed by atoms with Crippen LogP contribution in [0.5, 0.6) is 0 Å². The van der Waals surface area contributed by atoms with Gasteiger partial charge in [-0.2, -0.15) is 0 Å². The zero-order chi connectivity index (χ0) is 14.7. The first kappa shape index (κ1) is 13.3. The lowest BCUT2D eigenvalue weighted by Gasteiger charge is -2.33. The van der Waals surface area contributed by atoms with Gasteiger partial charge in [0.2, 0.25) is 0 Å². The SMILES string of the molecule is CC(C(=O)O)(C1CC1)N1C(=O)c2ccc(Br)cc2C1=O. The van der Waals surface area contributed by atoms with E-state index in [0.717, 1.165) is 17.7 Å². The summed E-state index contributed by atoms with van der Waals surface area (Å²) < 4.78 is 0.683. The maximum Gasteiger partial charge on any atom is 0.330 e. The fourth-order valence-electron chi connectivity index (χ4n) is 2.73. The van der Waals surface area contributed by atoms with Gasteiger partial charge in [0, 0.05) is 4.47 Å². The number of carbonyl (C=O) groups excluding carboxylic acids is 2. The zero-order valence-corrected chi connectivity index (χ0v) is 12.3. The van der Waals surface area contributed by atoms with E-state index in [1.165, 1.54) is 6.92 Å². The minimum atomic E-state index is -1.46. The molecule has 2 amide bonds. The standard InChI is InChI=1S/C14H12BrNO4/c1-14(13(19)20,7-2-3-7)16-11(17)9-5-4-8(15)6-10(9)12(16)18/h4-7H,2-3H2,1H3,(H,19,20). The number of aliphatic carboxylic acids is 1. The predicted molar refractivity (Wildman–Crippen MR) is 73.4 cm³/mol. The highest BCUT2D eigenvalue weighted by molar-refractivity contribution is 9.10. The van der Waals surface area contributed by atoms with Crippen LogP contribution in [-0.4, -0.2) is 33.3 Å². The van der Waals surface area contributed by atoms with Crippen LogP contribution in [-0.2, 0) is 4.79 Å². The second-order valence-electron chi connectivity index (χ2n) is 5.36. The van der Waals surface area contributed by atoms with Gasteiger partial charge in [0.1, 0.15) is 5.54 Å². The molecule has 0 saturated heterocycles. The van der Waals surface area contributed by atoms with Gasteiger partial charge in [-0.3, -0.25) is 14.5 Å². The highest BCUT2D eigenvalue weighted by Crippen LogP contribution is 2.46. The number of fused-ring (bicyclic) bond motifs is 1. The average molecular weight is 338 g/mol. The number of hydrogen-bond acceptors (Lipinski definition) is 3. The number of amides is 2. The average Bonchev–Trinajstić information content (AvgIpc) is 3.19. The van der Waals surface area contributed by atoms with Crippen LogP contribution in [0.3, 0.4) is 0 Å². The van der Waals surface area contributed by atoms with Gasteiger partial charge in [0.15, 0.2) is 0 Å². The van der Waals surface area contributed by atoms with Crippen molar-refractivity contribution in [2.24, 2.45) is 5.92 Å². The Morgan fingerprint density at radius 1 is 1.30 bits per heavy atom. The molecule has 1 aromatic rings. The monoisotopic (exact) mass is 337 g/mol. The molecule has 1 N–H and O–H groups in total. The van der Waals surface area contributed by atoms with E-state index in [1.54, 1.807) is 18.2 Å². The summed E-state index contributed by atoms with van der Waals surface area (Å²) in [5.74, 6) is -2.34. The molecule has 1 aliphatic heterocycles. The van der Waals surface area contributed by atoms with E-state index in [2.05, 4.69) is 15.9 Å². The van der Waals surface area contributed by atoms with E-state index in [-0.39, 0.29) is 17.0 Å². The molecule has 1 heterocycles. The van der Waals surface area contributed by atoms with Gasteiger partial charge in [-0.15, -0.1) is 0 Å². The van der Waals surface area contributed by atoms with Crippen LogP contribution in [0, 0.1) is 5.92 Å². The second kappa shape index (κ2) is 4.15. The lowest BCUT2D eigenvalue weighted by molar-refractivity contribution is -0.148. The first-order valence-electron chi connectivity index (χ1n) is 6.29. The topological polar surface area (TPSA) is 74.7 Å². The van der Waals surface area contributed by atoms with Gasteiger partial charge in [-0.1, -0.05) is 15.9 Å². The van der Waals surface area contributed by atoms with Crippen LogP contribution in [0.15, 0.2) is 22.7 Å². The maximum atomic E-state index is 12.5. The number of hydrogen-bond donors (Lipinski definition) is 1. The van der Waals surface area contributed by atoms with Crippen molar-refractivity contribution in [1.82, 2.24) is 4.90 Å². The Morgan fingerprint density at radius 3 is 2.45 bits per heavy atom. The van der Waals surface area contributed by atoms with Crippen molar-refractivity contribution >= 4 is 33.7 Å². The van der Waals surface area contributed by atoms with E-state index < -0.39 is 23.3 Å². The van der Waals surface area contributed by atoms with Crippen molar-refractivity contribution in [3.63, 3.8) is 0 Å². The number of imide groups is 1. The Hall–Kier alpha value is -1.69. The quantitative estimate of drug-likeness (QED) is 0.858. The molecule has 1 fully saturated rings. The molecule has 0 aromatic heterocycles. The number of nitrogens with zero attached hydrogens (tertiary/aromatic N) is 1. The molecule has 1 aromatic carbocycles. The molecule has 1 saturated carbocycles. The van der Waals surface area contributed by atoms with Crippen molar-refractivity contribution < 1.29 is 19.5 Å². The molecule has 6 heteroatoms. The molecule has 1 aliphatic carbocycles. The van der Waals surface area contributed by atoms with Crippen LogP contribution in [0.2, 0.25) is 0 Å². The van der Waals surface area contributed by atoms with Gasteiger partial charge < -0.3 is 5.11 Å². The summed E-state index contributed by atoms with van der Waals surface area (Å²) in [6.45, 7) is 1.46. The van der Waals surface area contributed by atoms with Gasteiger partial charge in [-0.05, 0) is 43.9 Å². The summed E-state index contributed by atoms with van der Waals surface area (Å²) in [6, 6.07) is 4.78. The normalized spacial score (nSPS) is 20.8. The number of benzene rings is 1. The van der Waals surface area contributed by atoms with Crippen molar-refractivity contribution in [2.75, 3.05) is 0 Å². The van der Waals surface area contributed by atoms with Crippen molar-refractivity contribution in [1.29, 1.82) is 0 Å². The molecular formula is C14H12BrNO4. The van der Waals surface area contributed by atoms with Gasteiger partial charge in [-0.25, -0.2) is 4.79 Å². The van der Waals surface area contributed by atoms with Crippen molar-refractivity contribution in [3.8, 4) is 0 Å². The molecule has 2 aliphatic rings. The molecule has 0 radical (unpaired) electrons. The predicted octanol–water partition coefficient (Wildman–Crippen LogP) is 2.30. The third-order valence-electron chi connectivity index (χ3n) is 4.12. The van der Waals surface area contributed by atoms with Crippen molar-refractivity contribution in [2.45, 2.75) is 25.3 Å². The van der Waals surface area contributed by atoms with Gasteiger partial charge in [0.05, 0.1) is 11.1 Å². The highest BCUT2D eigenvalue weighted by Gasteiger charge is 2.58. The lowest BCUT2D eigenvalue weighted by Crippen LogP contribution is -2.56. The first-order chi connectivity index (χ1) is 9.37. The Balaban J connectivity index is 2.11. The third kappa shape index (κ3) is 1.64. The lowest BCUT2D eigenvalue weighted by atomic mass is 9.93. The summed E-state index contributed by atoms with van der Waals surface area (Å²) in [6.07, 6.45) is 1.44. The van der Waals surface area contributed by atoms with E-state index in [1.807, 2.05) is 0 Å². The van der Waals surface area contributed by atoms with Crippen LogP contribution >= 0.6 is 15.9 Å². The Kier molecular flexibility index (Phi) is 2.76. The van der Waals surface area contributed by atoms with Crippen LogP contribution in [0.4, 0.5) is 0 Å².